The van der Waals surface area contributed by atoms with Gasteiger partial charge >= 0.3 is 0 Å². The van der Waals surface area contributed by atoms with Crippen molar-refractivity contribution in [3.05, 3.63) is 29.8 Å². The lowest BCUT2D eigenvalue weighted by Crippen LogP contribution is -2.36. The van der Waals surface area contributed by atoms with E-state index in [2.05, 4.69) is 19.2 Å². The van der Waals surface area contributed by atoms with Crippen molar-refractivity contribution in [3.8, 4) is 0 Å². The second kappa shape index (κ2) is 5.94. The first-order valence-corrected chi connectivity index (χ1v) is 6.72. The Morgan fingerprint density at radius 1 is 1.19 bits per heavy atom. The van der Waals surface area contributed by atoms with E-state index in [4.69, 9.17) is 0 Å². The van der Waals surface area contributed by atoms with Gasteiger partial charge in [-0.15, -0.1) is 11.8 Å². The van der Waals surface area contributed by atoms with Gasteiger partial charge < -0.3 is 5.32 Å². The van der Waals surface area contributed by atoms with Gasteiger partial charge in [-0.2, -0.15) is 0 Å². The molecule has 1 aromatic carbocycles. The molecule has 3 heteroatoms. The van der Waals surface area contributed by atoms with E-state index >= 15 is 0 Å². The normalized spacial score (nSPS) is 12.6. The maximum atomic E-state index is 11.8. The first-order valence-electron chi connectivity index (χ1n) is 5.49. The Kier molecular flexibility index (Phi) is 4.87. The molecule has 0 aliphatic heterocycles. The summed E-state index contributed by atoms with van der Waals surface area (Å²) in [6, 6.07) is 7.88. The maximum Gasteiger partial charge on any atom is 0.251 e. The SMILES string of the molecule is CSc1ccc(C(=O)NC(C)C(C)C)cc1. The quantitative estimate of drug-likeness (QED) is 0.815. The molecule has 0 saturated carbocycles. The highest BCUT2D eigenvalue weighted by atomic mass is 32.2. The number of hydrogen-bond acceptors (Lipinski definition) is 2. The fourth-order valence-electron chi connectivity index (χ4n) is 1.20. The molecule has 0 aliphatic carbocycles. The van der Waals surface area contributed by atoms with Crippen molar-refractivity contribution in [1.29, 1.82) is 0 Å². The molecular weight excluding hydrogens is 218 g/mol. The van der Waals surface area contributed by atoms with E-state index in [0.29, 0.717) is 5.92 Å². The van der Waals surface area contributed by atoms with Crippen molar-refractivity contribution < 1.29 is 4.79 Å². The van der Waals surface area contributed by atoms with Crippen molar-refractivity contribution >= 4 is 17.7 Å². The summed E-state index contributed by atoms with van der Waals surface area (Å²) >= 11 is 1.68. The number of benzene rings is 1. The molecule has 0 aromatic heterocycles. The molecule has 88 valence electrons. The summed E-state index contributed by atoms with van der Waals surface area (Å²) in [4.78, 5) is 13.0. The zero-order valence-electron chi connectivity index (χ0n) is 10.3. The van der Waals surface area contributed by atoms with Crippen LogP contribution in [0.3, 0.4) is 0 Å². The van der Waals surface area contributed by atoms with Crippen molar-refractivity contribution in [2.75, 3.05) is 6.26 Å². The summed E-state index contributed by atoms with van der Waals surface area (Å²) in [5.74, 6) is 0.461. The molecule has 0 bridgehead atoms. The smallest absolute Gasteiger partial charge is 0.251 e. The summed E-state index contributed by atoms with van der Waals surface area (Å²) in [5, 5.41) is 2.99. The van der Waals surface area contributed by atoms with Gasteiger partial charge in [0.1, 0.15) is 0 Å². The van der Waals surface area contributed by atoms with Crippen LogP contribution in [0.5, 0.6) is 0 Å². The number of hydrogen-bond donors (Lipinski definition) is 1. The average Bonchev–Trinajstić information content (AvgIpc) is 2.28. The number of nitrogens with one attached hydrogen (secondary N) is 1. The third-order valence-corrected chi connectivity index (χ3v) is 3.45. The molecule has 1 atom stereocenters. The Balaban J connectivity index is 2.66. The first-order chi connectivity index (χ1) is 7.54. The van der Waals surface area contributed by atoms with Crippen LogP contribution in [-0.4, -0.2) is 18.2 Å². The number of amides is 1. The first kappa shape index (κ1) is 13.1. The molecule has 0 heterocycles. The molecule has 1 amide bonds. The minimum atomic E-state index is 0.00820. The Bertz CT molecular complexity index is 345. The van der Waals surface area contributed by atoms with E-state index in [1.807, 2.05) is 37.4 Å². The lowest BCUT2D eigenvalue weighted by Gasteiger charge is -2.17. The average molecular weight is 237 g/mol. The molecular formula is C13H19NOS. The molecule has 1 rings (SSSR count). The van der Waals surface area contributed by atoms with Crippen molar-refractivity contribution in [2.45, 2.75) is 31.7 Å². The number of carbonyl (C=O) groups excluding carboxylic acids is 1. The van der Waals surface area contributed by atoms with Gasteiger partial charge in [0, 0.05) is 16.5 Å². The molecule has 0 spiro atoms. The van der Waals surface area contributed by atoms with Gasteiger partial charge in [0.15, 0.2) is 0 Å². The van der Waals surface area contributed by atoms with E-state index in [0.717, 1.165) is 5.56 Å². The molecule has 16 heavy (non-hydrogen) atoms. The molecule has 1 N–H and O–H groups in total. The van der Waals surface area contributed by atoms with Crippen molar-refractivity contribution in [2.24, 2.45) is 5.92 Å². The monoisotopic (exact) mass is 237 g/mol. The molecule has 0 aliphatic rings. The summed E-state index contributed by atoms with van der Waals surface area (Å²) in [7, 11) is 0. The predicted molar refractivity (Wildman–Crippen MR) is 70.0 cm³/mol. The van der Waals surface area contributed by atoms with Crippen LogP contribution >= 0.6 is 11.8 Å². The third kappa shape index (κ3) is 3.56. The molecule has 1 aromatic rings. The summed E-state index contributed by atoms with van der Waals surface area (Å²) in [6.07, 6.45) is 2.02. The van der Waals surface area contributed by atoms with Gasteiger partial charge in [0.05, 0.1) is 0 Å². The highest BCUT2D eigenvalue weighted by Gasteiger charge is 2.11. The number of thioether (sulfide) groups is 1. The second-order valence-corrected chi connectivity index (χ2v) is 5.11. The Labute approximate surface area is 102 Å². The molecule has 0 saturated heterocycles. The van der Waals surface area contributed by atoms with Gasteiger partial charge in [0.25, 0.3) is 5.91 Å². The third-order valence-electron chi connectivity index (χ3n) is 2.71. The highest BCUT2D eigenvalue weighted by Crippen LogP contribution is 2.15. The van der Waals surface area contributed by atoms with E-state index in [1.165, 1.54) is 4.90 Å². The van der Waals surface area contributed by atoms with E-state index in [1.54, 1.807) is 11.8 Å². The second-order valence-electron chi connectivity index (χ2n) is 4.23. The minimum absolute atomic E-state index is 0.00820. The lowest BCUT2D eigenvalue weighted by atomic mass is 10.1. The minimum Gasteiger partial charge on any atom is -0.349 e. The maximum absolute atomic E-state index is 11.8. The van der Waals surface area contributed by atoms with Crippen LogP contribution in [0.25, 0.3) is 0 Å². The van der Waals surface area contributed by atoms with Gasteiger partial charge in [-0.05, 0) is 43.4 Å². The van der Waals surface area contributed by atoms with E-state index in [-0.39, 0.29) is 11.9 Å². The standard InChI is InChI=1S/C13H19NOS/c1-9(2)10(3)14-13(15)11-5-7-12(16-4)8-6-11/h5-10H,1-4H3,(H,14,15). The molecule has 0 fully saturated rings. The molecule has 2 nitrogen and oxygen atoms in total. The number of rotatable bonds is 4. The van der Waals surface area contributed by atoms with Gasteiger partial charge in [-0.25, -0.2) is 0 Å². The number of carbonyl (C=O) groups is 1. The Hall–Kier alpha value is -0.960. The summed E-state index contributed by atoms with van der Waals surface area (Å²) < 4.78 is 0. The Morgan fingerprint density at radius 3 is 2.19 bits per heavy atom. The van der Waals surface area contributed by atoms with Crippen LogP contribution in [0.2, 0.25) is 0 Å². The fourth-order valence-corrected chi connectivity index (χ4v) is 1.61. The van der Waals surface area contributed by atoms with Crippen LogP contribution < -0.4 is 5.32 Å². The Morgan fingerprint density at radius 2 is 1.75 bits per heavy atom. The van der Waals surface area contributed by atoms with Gasteiger partial charge in [0.2, 0.25) is 0 Å². The summed E-state index contributed by atoms with van der Waals surface area (Å²) in [5.41, 5.74) is 0.727. The topological polar surface area (TPSA) is 29.1 Å². The van der Waals surface area contributed by atoms with Crippen LogP contribution in [0.15, 0.2) is 29.2 Å². The fraction of sp³-hybridized carbons (Fsp3) is 0.462. The van der Waals surface area contributed by atoms with Crippen LogP contribution in [-0.2, 0) is 0 Å². The largest absolute Gasteiger partial charge is 0.349 e. The van der Waals surface area contributed by atoms with E-state index in [9.17, 15) is 4.79 Å². The van der Waals surface area contributed by atoms with Gasteiger partial charge in [-0.1, -0.05) is 13.8 Å². The van der Waals surface area contributed by atoms with Crippen molar-refractivity contribution in [1.82, 2.24) is 5.32 Å². The lowest BCUT2D eigenvalue weighted by molar-refractivity contribution is 0.0930. The van der Waals surface area contributed by atoms with Crippen LogP contribution in [0.1, 0.15) is 31.1 Å². The zero-order valence-corrected chi connectivity index (χ0v) is 11.1. The van der Waals surface area contributed by atoms with Gasteiger partial charge in [-0.3, -0.25) is 4.79 Å². The molecule has 1 unspecified atom stereocenters. The zero-order chi connectivity index (χ0) is 12.1. The molecule has 0 radical (unpaired) electrons. The van der Waals surface area contributed by atoms with Crippen molar-refractivity contribution in [3.63, 3.8) is 0 Å². The predicted octanol–water partition coefficient (Wildman–Crippen LogP) is 3.18. The van der Waals surface area contributed by atoms with E-state index < -0.39 is 0 Å². The van der Waals surface area contributed by atoms with Crippen LogP contribution in [0.4, 0.5) is 0 Å². The van der Waals surface area contributed by atoms with Crippen LogP contribution in [0, 0.1) is 5.92 Å². The highest BCUT2D eigenvalue weighted by molar-refractivity contribution is 7.98. The summed E-state index contributed by atoms with van der Waals surface area (Å²) in [6.45, 7) is 6.22.